The number of benzene rings is 2. The largest absolute Gasteiger partial charge is 0.468 e. The molecule has 142 valence electrons. The van der Waals surface area contributed by atoms with Crippen molar-refractivity contribution in [2.24, 2.45) is 0 Å². The van der Waals surface area contributed by atoms with Gasteiger partial charge in [0, 0.05) is 15.6 Å². The summed E-state index contributed by atoms with van der Waals surface area (Å²) in [5, 5.41) is 0.487. The molecular formula is C17H15ClN2O5S2. The van der Waals surface area contributed by atoms with Gasteiger partial charge in [0.25, 0.3) is 10.0 Å². The minimum absolute atomic E-state index is 0.0265. The molecule has 0 fully saturated rings. The van der Waals surface area contributed by atoms with E-state index in [2.05, 4.69) is 9.46 Å². The normalized spacial score (nSPS) is 13.9. The zero-order chi connectivity index (χ0) is 19.6. The van der Waals surface area contributed by atoms with Gasteiger partial charge in [0.2, 0.25) is 5.91 Å². The summed E-state index contributed by atoms with van der Waals surface area (Å²) >= 11 is 7.09. The van der Waals surface area contributed by atoms with E-state index in [9.17, 15) is 18.0 Å². The van der Waals surface area contributed by atoms with Crippen molar-refractivity contribution in [2.45, 2.75) is 9.79 Å². The highest BCUT2D eigenvalue weighted by atomic mass is 35.5. The van der Waals surface area contributed by atoms with E-state index in [0.29, 0.717) is 21.3 Å². The van der Waals surface area contributed by atoms with Gasteiger partial charge >= 0.3 is 5.97 Å². The standard InChI is InChI=1S/C17H15ClN2O5S2/c1-25-17(22)9-20-14-8-13(6-7-15(14)26-10-16(20)21)27(23,24)19-12-4-2-11(18)3-5-12/h2-8,19H,9-10H2,1H3. The summed E-state index contributed by atoms with van der Waals surface area (Å²) < 4.78 is 32.5. The lowest BCUT2D eigenvalue weighted by Crippen LogP contribution is -2.39. The second-order valence-electron chi connectivity index (χ2n) is 5.59. The minimum atomic E-state index is -3.89. The van der Waals surface area contributed by atoms with Crippen molar-refractivity contribution >= 4 is 56.6 Å². The van der Waals surface area contributed by atoms with Crippen molar-refractivity contribution < 1.29 is 22.7 Å². The average Bonchev–Trinajstić information content (AvgIpc) is 2.65. The third kappa shape index (κ3) is 4.37. The molecule has 0 saturated heterocycles. The Labute approximate surface area is 165 Å². The summed E-state index contributed by atoms with van der Waals surface area (Å²) in [5.41, 5.74) is 0.717. The van der Waals surface area contributed by atoms with Crippen LogP contribution in [-0.4, -0.2) is 39.7 Å². The Morgan fingerprint density at radius 2 is 1.96 bits per heavy atom. The second kappa shape index (κ2) is 7.79. The van der Waals surface area contributed by atoms with Gasteiger partial charge in [0.15, 0.2) is 0 Å². The van der Waals surface area contributed by atoms with Crippen LogP contribution < -0.4 is 9.62 Å². The number of methoxy groups -OCH3 is 1. The van der Waals surface area contributed by atoms with E-state index in [1.165, 1.54) is 35.9 Å². The minimum Gasteiger partial charge on any atom is -0.468 e. The Morgan fingerprint density at radius 1 is 1.26 bits per heavy atom. The highest BCUT2D eigenvalue weighted by molar-refractivity contribution is 8.00. The number of halogens is 1. The van der Waals surface area contributed by atoms with Crippen molar-refractivity contribution in [3.63, 3.8) is 0 Å². The Bertz CT molecular complexity index is 993. The van der Waals surface area contributed by atoms with Crippen molar-refractivity contribution in [3.8, 4) is 0 Å². The zero-order valence-electron chi connectivity index (χ0n) is 14.1. The molecule has 0 aromatic heterocycles. The maximum absolute atomic E-state index is 12.7. The number of anilines is 2. The van der Waals surface area contributed by atoms with Crippen LogP contribution in [0.2, 0.25) is 5.02 Å². The molecule has 2 aromatic rings. The predicted octanol–water partition coefficient (Wildman–Crippen LogP) is 2.75. The Kier molecular flexibility index (Phi) is 5.64. The van der Waals surface area contributed by atoms with Crippen molar-refractivity contribution in [3.05, 3.63) is 47.5 Å². The molecule has 0 radical (unpaired) electrons. The molecular weight excluding hydrogens is 412 g/mol. The molecule has 1 heterocycles. The summed E-state index contributed by atoms with van der Waals surface area (Å²) in [4.78, 5) is 25.8. The highest BCUT2D eigenvalue weighted by Crippen LogP contribution is 2.37. The molecule has 0 unspecified atom stereocenters. The first-order valence-corrected chi connectivity index (χ1v) is 10.6. The van der Waals surface area contributed by atoms with Crippen LogP contribution in [0.3, 0.4) is 0 Å². The first-order valence-electron chi connectivity index (χ1n) is 7.72. The molecule has 0 saturated carbocycles. The van der Waals surface area contributed by atoms with Gasteiger partial charge in [-0.25, -0.2) is 8.42 Å². The van der Waals surface area contributed by atoms with Gasteiger partial charge in [-0.05, 0) is 42.5 Å². The van der Waals surface area contributed by atoms with Gasteiger partial charge < -0.3 is 4.74 Å². The molecule has 0 aliphatic carbocycles. The number of hydrogen-bond donors (Lipinski definition) is 1. The van der Waals surface area contributed by atoms with Crippen LogP contribution >= 0.6 is 23.4 Å². The molecule has 1 aliphatic rings. The molecule has 10 heteroatoms. The monoisotopic (exact) mass is 426 g/mol. The van der Waals surface area contributed by atoms with Crippen molar-refractivity contribution in [1.29, 1.82) is 0 Å². The van der Waals surface area contributed by atoms with E-state index in [1.807, 2.05) is 0 Å². The van der Waals surface area contributed by atoms with E-state index >= 15 is 0 Å². The molecule has 0 spiro atoms. The van der Waals surface area contributed by atoms with Crippen LogP contribution in [0.4, 0.5) is 11.4 Å². The molecule has 1 aliphatic heterocycles. The van der Waals surface area contributed by atoms with Crippen LogP contribution in [0.15, 0.2) is 52.3 Å². The van der Waals surface area contributed by atoms with Gasteiger partial charge in [-0.1, -0.05) is 11.6 Å². The summed E-state index contributed by atoms with van der Waals surface area (Å²) in [6.07, 6.45) is 0. The molecule has 1 amide bonds. The number of ether oxygens (including phenoxy) is 1. The Morgan fingerprint density at radius 3 is 2.63 bits per heavy atom. The SMILES string of the molecule is COC(=O)CN1C(=O)CSc2ccc(S(=O)(=O)Nc3ccc(Cl)cc3)cc21. The quantitative estimate of drug-likeness (QED) is 0.739. The molecule has 27 heavy (non-hydrogen) atoms. The fraction of sp³-hybridized carbons (Fsp3) is 0.176. The predicted molar refractivity (Wildman–Crippen MR) is 104 cm³/mol. The second-order valence-corrected chi connectivity index (χ2v) is 8.72. The number of nitrogens with zero attached hydrogens (tertiary/aromatic N) is 1. The molecule has 1 N–H and O–H groups in total. The maximum Gasteiger partial charge on any atom is 0.325 e. The van der Waals surface area contributed by atoms with Gasteiger partial charge in [-0.2, -0.15) is 0 Å². The van der Waals surface area contributed by atoms with Crippen LogP contribution in [0.25, 0.3) is 0 Å². The van der Waals surface area contributed by atoms with E-state index in [0.717, 1.165) is 0 Å². The smallest absolute Gasteiger partial charge is 0.325 e. The van der Waals surface area contributed by atoms with Gasteiger partial charge in [-0.3, -0.25) is 19.2 Å². The number of fused-ring (bicyclic) bond motifs is 1. The number of hydrogen-bond acceptors (Lipinski definition) is 6. The maximum atomic E-state index is 12.7. The number of sulfonamides is 1. The molecule has 3 rings (SSSR count). The third-order valence-corrected chi connectivity index (χ3v) is 6.47. The lowest BCUT2D eigenvalue weighted by molar-refractivity contribution is -0.139. The van der Waals surface area contributed by atoms with Gasteiger partial charge in [0.05, 0.1) is 23.4 Å². The van der Waals surface area contributed by atoms with Crippen molar-refractivity contribution in [1.82, 2.24) is 0 Å². The molecule has 0 bridgehead atoms. The number of carbonyl (C=O) groups is 2. The third-order valence-electron chi connectivity index (χ3n) is 3.80. The number of rotatable bonds is 5. The van der Waals surface area contributed by atoms with E-state index in [-0.39, 0.29) is 23.1 Å². The zero-order valence-corrected chi connectivity index (χ0v) is 16.5. The Balaban J connectivity index is 1.94. The number of carbonyl (C=O) groups excluding carboxylic acids is 2. The fourth-order valence-electron chi connectivity index (χ4n) is 2.45. The number of amides is 1. The number of thioether (sulfide) groups is 1. The number of esters is 1. The topological polar surface area (TPSA) is 92.8 Å². The van der Waals surface area contributed by atoms with Crippen LogP contribution in [0, 0.1) is 0 Å². The molecule has 2 aromatic carbocycles. The molecule has 0 atom stereocenters. The van der Waals surface area contributed by atoms with Gasteiger partial charge in [-0.15, -0.1) is 11.8 Å². The Hall–Kier alpha value is -2.23. The first kappa shape index (κ1) is 19.5. The number of nitrogens with one attached hydrogen (secondary N) is 1. The van der Waals surface area contributed by atoms with E-state index < -0.39 is 16.0 Å². The van der Waals surface area contributed by atoms with E-state index in [4.69, 9.17) is 11.6 Å². The van der Waals surface area contributed by atoms with Gasteiger partial charge in [0.1, 0.15) is 6.54 Å². The summed E-state index contributed by atoms with van der Waals surface area (Å²) in [6, 6.07) is 10.7. The van der Waals surface area contributed by atoms with E-state index in [1.54, 1.807) is 30.3 Å². The first-order chi connectivity index (χ1) is 12.8. The summed E-state index contributed by atoms with van der Waals surface area (Å²) in [5.74, 6) is -0.717. The highest BCUT2D eigenvalue weighted by Gasteiger charge is 2.28. The summed E-state index contributed by atoms with van der Waals surface area (Å²) in [6.45, 7) is -0.281. The van der Waals surface area contributed by atoms with Crippen LogP contribution in [-0.2, 0) is 24.3 Å². The lowest BCUT2D eigenvalue weighted by Gasteiger charge is -2.28. The van der Waals surface area contributed by atoms with Crippen LogP contribution in [0.1, 0.15) is 0 Å². The lowest BCUT2D eigenvalue weighted by atomic mass is 10.2. The van der Waals surface area contributed by atoms with Crippen LogP contribution in [0.5, 0.6) is 0 Å². The summed E-state index contributed by atoms with van der Waals surface area (Å²) in [7, 11) is -2.67. The molecule has 7 nitrogen and oxygen atoms in total. The van der Waals surface area contributed by atoms with Crippen molar-refractivity contribution in [2.75, 3.05) is 29.0 Å². The average molecular weight is 427 g/mol. The fourth-order valence-corrected chi connectivity index (χ4v) is 4.57.